The largest absolute Gasteiger partial charge is 0.329 e. The fraction of sp³-hybridized carbons (Fsp3) is 0.750. The molecule has 19 heavy (non-hydrogen) atoms. The summed E-state index contributed by atoms with van der Waals surface area (Å²) in [6, 6.07) is 1.53. The Morgan fingerprint density at radius 3 is 2.53 bits per heavy atom. The molecule has 6 nitrogen and oxygen atoms in total. The second-order valence-electron chi connectivity index (χ2n) is 5.25. The van der Waals surface area contributed by atoms with Crippen LogP contribution in [0.25, 0.3) is 0 Å². The summed E-state index contributed by atoms with van der Waals surface area (Å²) < 4.78 is 28.2. The van der Waals surface area contributed by atoms with E-state index in [1.54, 1.807) is 14.1 Å². The van der Waals surface area contributed by atoms with Crippen LogP contribution in [0, 0.1) is 0 Å². The maximum atomic E-state index is 12.7. The second-order valence-corrected chi connectivity index (χ2v) is 7.17. The molecule has 1 aliphatic carbocycles. The molecule has 0 amide bonds. The molecule has 2 N–H and O–H groups in total. The molecular weight excluding hydrogens is 264 g/mol. The summed E-state index contributed by atoms with van der Waals surface area (Å²) in [5.74, 6) is 0. The van der Waals surface area contributed by atoms with Gasteiger partial charge in [0.15, 0.2) is 5.03 Å². The second kappa shape index (κ2) is 5.22. The summed E-state index contributed by atoms with van der Waals surface area (Å²) in [6.45, 7) is 0.362. The number of rotatable bonds is 4. The maximum Gasteiger partial charge on any atom is 0.260 e. The van der Waals surface area contributed by atoms with Gasteiger partial charge in [-0.1, -0.05) is 19.3 Å². The highest BCUT2D eigenvalue weighted by molar-refractivity contribution is 7.89. The van der Waals surface area contributed by atoms with Crippen molar-refractivity contribution in [2.24, 2.45) is 12.8 Å². The lowest BCUT2D eigenvalue weighted by molar-refractivity contribution is 0.158. The molecule has 0 unspecified atom stereocenters. The van der Waals surface area contributed by atoms with Gasteiger partial charge in [-0.2, -0.15) is 9.40 Å². The molecule has 1 saturated carbocycles. The van der Waals surface area contributed by atoms with Crippen molar-refractivity contribution < 1.29 is 8.42 Å². The van der Waals surface area contributed by atoms with Crippen molar-refractivity contribution in [2.75, 3.05) is 13.6 Å². The number of aromatic nitrogens is 2. The predicted molar refractivity (Wildman–Crippen MR) is 73.0 cm³/mol. The zero-order chi connectivity index (χ0) is 14.1. The molecule has 0 spiro atoms. The van der Waals surface area contributed by atoms with Crippen LogP contribution in [0.1, 0.15) is 32.1 Å². The minimum absolute atomic E-state index is 0.216. The van der Waals surface area contributed by atoms with Gasteiger partial charge in [0, 0.05) is 26.2 Å². The van der Waals surface area contributed by atoms with Crippen molar-refractivity contribution in [2.45, 2.75) is 42.7 Å². The summed E-state index contributed by atoms with van der Waals surface area (Å²) in [4.78, 5) is 0. The van der Waals surface area contributed by atoms with Crippen LogP contribution in [-0.4, -0.2) is 41.6 Å². The summed E-state index contributed by atoms with van der Waals surface area (Å²) in [7, 11) is -0.268. The summed E-state index contributed by atoms with van der Waals surface area (Å²) in [6.07, 6.45) is 6.37. The highest BCUT2D eigenvalue weighted by atomic mass is 32.2. The first-order chi connectivity index (χ1) is 8.94. The Balaban J connectivity index is 2.37. The van der Waals surface area contributed by atoms with Crippen LogP contribution in [0.4, 0.5) is 0 Å². The van der Waals surface area contributed by atoms with Crippen molar-refractivity contribution in [1.29, 1.82) is 0 Å². The van der Waals surface area contributed by atoms with Gasteiger partial charge in [0.2, 0.25) is 0 Å². The number of aryl methyl sites for hydroxylation is 1. The van der Waals surface area contributed by atoms with E-state index in [2.05, 4.69) is 5.10 Å². The van der Waals surface area contributed by atoms with Gasteiger partial charge in [-0.15, -0.1) is 0 Å². The topological polar surface area (TPSA) is 81.2 Å². The first kappa shape index (κ1) is 14.5. The predicted octanol–water partition coefficient (Wildman–Crippen LogP) is 0.702. The highest BCUT2D eigenvalue weighted by Crippen LogP contribution is 2.35. The van der Waals surface area contributed by atoms with Crippen molar-refractivity contribution >= 4 is 10.0 Å². The molecule has 0 bridgehead atoms. The van der Waals surface area contributed by atoms with Crippen LogP contribution < -0.4 is 5.73 Å². The van der Waals surface area contributed by atoms with E-state index in [9.17, 15) is 8.42 Å². The van der Waals surface area contributed by atoms with Crippen molar-refractivity contribution in [3.05, 3.63) is 12.3 Å². The third-order valence-electron chi connectivity index (χ3n) is 4.23. The first-order valence-electron chi connectivity index (χ1n) is 6.61. The average Bonchev–Trinajstić information content (AvgIpc) is 2.85. The molecule has 1 heterocycles. The lowest BCUT2D eigenvalue weighted by Crippen LogP contribution is -2.55. The van der Waals surface area contributed by atoms with Gasteiger partial charge in [-0.3, -0.25) is 4.68 Å². The Morgan fingerprint density at radius 2 is 2.05 bits per heavy atom. The van der Waals surface area contributed by atoms with Crippen LogP contribution in [-0.2, 0) is 17.1 Å². The number of sulfonamides is 1. The van der Waals surface area contributed by atoms with E-state index >= 15 is 0 Å². The standard InChI is InChI=1S/C12H22N4O2S/c1-15-11(6-9-14-15)19(17,18)16(2)12(10-13)7-4-3-5-8-12/h6,9H,3-5,7-8,10,13H2,1-2H3. The van der Waals surface area contributed by atoms with E-state index in [0.29, 0.717) is 6.54 Å². The van der Waals surface area contributed by atoms with Gasteiger partial charge < -0.3 is 5.73 Å². The monoisotopic (exact) mass is 286 g/mol. The number of hydrogen-bond donors (Lipinski definition) is 1. The number of hydrogen-bond acceptors (Lipinski definition) is 4. The van der Waals surface area contributed by atoms with E-state index in [1.807, 2.05) is 0 Å². The zero-order valence-corrected chi connectivity index (χ0v) is 12.4. The number of nitrogens with two attached hydrogens (primary N) is 1. The molecule has 1 fully saturated rings. The van der Waals surface area contributed by atoms with Crippen LogP contribution in [0.5, 0.6) is 0 Å². The van der Waals surface area contributed by atoms with Crippen molar-refractivity contribution in [3.8, 4) is 0 Å². The van der Waals surface area contributed by atoms with E-state index in [-0.39, 0.29) is 5.03 Å². The van der Waals surface area contributed by atoms with Gasteiger partial charge in [-0.05, 0) is 18.9 Å². The van der Waals surface area contributed by atoms with E-state index < -0.39 is 15.6 Å². The summed E-state index contributed by atoms with van der Waals surface area (Å²) in [5, 5.41) is 4.15. The highest BCUT2D eigenvalue weighted by Gasteiger charge is 2.42. The van der Waals surface area contributed by atoms with Crippen LogP contribution in [0.2, 0.25) is 0 Å². The summed E-state index contributed by atoms with van der Waals surface area (Å²) in [5.41, 5.74) is 5.46. The van der Waals surface area contributed by atoms with E-state index in [4.69, 9.17) is 5.73 Å². The summed E-state index contributed by atoms with van der Waals surface area (Å²) >= 11 is 0. The Labute approximate surface area is 114 Å². The number of likely N-dealkylation sites (N-methyl/N-ethyl adjacent to an activating group) is 1. The minimum atomic E-state index is -3.54. The Bertz CT molecular complexity index is 532. The van der Waals surface area contributed by atoms with Crippen LogP contribution in [0.3, 0.4) is 0 Å². The lowest BCUT2D eigenvalue weighted by Gasteiger charge is -2.42. The van der Waals surface area contributed by atoms with Gasteiger partial charge in [0.05, 0.1) is 6.20 Å². The van der Waals surface area contributed by atoms with Gasteiger partial charge in [-0.25, -0.2) is 8.42 Å². The zero-order valence-electron chi connectivity index (χ0n) is 11.5. The molecule has 7 heteroatoms. The fourth-order valence-corrected chi connectivity index (χ4v) is 4.53. The molecule has 108 valence electrons. The molecule has 1 aromatic rings. The Kier molecular flexibility index (Phi) is 3.98. The normalized spacial score (nSPS) is 19.8. The fourth-order valence-electron chi connectivity index (χ4n) is 2.87. The number of nitrogens with zero attached hydrogens (tertiary/aromatic N) is 3. The van der Waals surface area contributed by atoms with E-state index in [0.717, 1.165) is 32.1 Å². The first-order valence-corrected chi connectivity index (χ1v) is 8.05. The lowest BCUT2D eigenvalue weighted by atomic mass is 9.82. The minimum Gasteiger partial charge on any atom is -0.329 e. The molecule has 1 aliphatic rings. The molecular formula is C12H22N4O2S. The van der Waals surface area contributed by atoms with Crippen molar-refractivity contribution in [3.63, 3.8) is 0 Å². The molecule has 0 atom stereocenters. The Hall–Kier alpha value is -0.920. The average molecular weight is 286 g/mol. The molecule has 0 aromatic carbocycles. The quantitative estimate of drug-likeness (QED) is 0.883. The Morgan fingerprint density at radius 1 is 1.42 bits per heavy atom. The maximum absolute atomic E-state index is 12.7. The molecule has 0 radical (unpaired) electrons. The van der Waals surface area contributed by atoms with Gasteiger partial charge in [0.1, 0.15) is 0 Å². The molecule has 0 saturated heterocycles. The molecule has 1 aromatic heterocycles. The molecule has 2 rings (SSSR count). The van der Waals surface area contributed by atoms with Gasteiger partial charge in [0.25, 0.3) is 10.0 Å². The molecule has 0 aliphatic heterocycles. The smallest absolute Gasteiger partial charge is 0.260 e. The third-order valence-corrected chi connectivity index (χ3v) is 6.27. The van der Waals surface area contributed by atoms with E-state index in [1.165, 1.54) is 21.3 Å². The van der Waals surface area contributed by atoms with Crippen molar-refractivity contribution in [1.82, 2.24) is 14.1 Å². The van der Waals surface area contributed by atoms with Gasteiger partial charge >= 0.3 is 0 Å². The third kappa shape index (κ3) is 2.42. The van der Waals surface area contributed by atoms with Crippen LogP contribution >= 0.6 is 0 Å². The SMILES string of the molecule is CN(C1(CN)CCCCC1)S(=O)(=O)c1ccnn1C. The van der Waals surface area contributed by atoms with Crippen LogP contribution in [0.15, 0.2) is 17.3 Å².